The summed E-state index contributed by atoms with van der Waals surface area (Å²) in [4.78, 5) is 4.44. The summed E-state index contributed by atoms with van der Waals surface area (Å²) in [6.07, 6.45) is 15.6. The number of rotatable bonds is 2. The molecule has 1 heterocycles. The van der Waals surface area contributed by atoms with Crippen molar-refractivity contribution in [3.8, 4) is 0 Å². The van der Waals surface area contributed by atoms with Crippen LogP contribution in [0, 0.1) is 11.8 Å². The molecule has 0 aromatic heterocycles. The standard InChI is InChI=1S/C17H30N2O/c1-2-5-9-14(8-4-1)15-10-6-3-7-11-16(15)19-17-18-12-13-20-17/h14-16H,1-13H2,(H,18,19). The topological polar surface area (TPSA) is 33.6 Å². The van der Waals surface area contributed by atoms with Gasteiger partial charge in [-0.3, -0.25) is 0 Å². The van der Waals surface area contributed by atoms with E-state index in [-0.39, 0.29) is 0 Å². The summed E-state index contributed by atoms with van der Waals surface area (Å²) in [6.45, 7) is 1.60. The molecule has 1 aliphatic heterocycles. The van der Waals surface area contributed by atoms with Crippen molar-refractivity contribution in [3.05, 3.63) is 0 Å². The molecule has 2 unspecified atom stereocenters. The zero-order valence-corrected chi connectivity index (χ0v) is 12.8. The van der Waals surface area contributed by atoms with E-state index in [0.717, 1.165) is 31.0 Å². The van der Waals surface area contributed by atoms with E-state index in [4.69, 9.17) is 4.74 Å². The van der Waals surface area contributed by atoms with Crippen LogP contribution in [0.5, 0.6) is 0 Å². The van der Waals surface area contributed by atoms with Crippen LogP contribution in [0.1, 0.15) is 70.6 Å². The van der Waals surface area contributed by atoms with Crippen molar-refractivity contribution >= 4 is 6.02 Å². The molecule has 0 aromatic rings. The van der Waals surface area contributed by atoms with E-state index in [1.165, 1.54) is 70.6 Å². The van der Waals surface area contributed by atoms with Crippen molar-refractivity contribution in [2.24, 2.45) is 16.8 Å². The lowest BCUT2D eigenvalue weighted by Crippen LogP contribution is -2.42. The van der Waals surface area contributed by atoms with Crippen molar-refractivity contribution in [2.45, 2.75) is 76.7 Å². The molecule has 0 radical (unpaired) electrons. The second-order valence-corrected chi connectivity index (χ2v) is 6.84. The van der Waals surface area contributed by atoms with Crippen molar-refractivity contribution in [3.63, 3.8) is 0 Å². The zero-order chi connectivity index (χ0) is 13.6. The van der Waals surface area contributed by atoms with E-state index < -0.39 is 0 Å². The minimum atomic E-state index is 0.609. The summed E-state index contributed by atoms with van der Waals surface area (Å²) >= 11 is 0. The lowest BCUT2D eigenvalue weighted by molar-refractivity contribution is 0.217. The van der Waals surface area contributed by atoms with Crippen LogP contribution in [0.3, 0.4) is 0 Å². The zero-order valence-electron chi connectivity index (χ0n) is 12.8. The number of aliphatic imine (C=N–C) groups is 1. The number of nitrogens with zero attached hydrogens (tertiary/aromatic N) is 1. The number of nitrogens with one attached hydrogen (secondary N) is 1. The highest BCUT2D eigenvalue weighted by Crippen LogP contribution is 2.37. The van der Waals surface area contributed by atoms with Gasteiger partial charge in [0, 0.05) is 6.04 Å². The fraction of sp³-hybridized carbons (Fsp3) is 0.941. The van der Waals surface area contributed by atoms with Gasteiger partial charge in [0.15, 0.2) is 0 Å². The van der Waals surface area contributed by atoms with Crippen LogP contribution in [-0.4, -0.2) is 25.2 Å². The second kappa shape index (κ2) is 7.33. The van der Waals surface area contributed by atoms with Crippen LogP contribution in [-0.2, 0) is 4.74 Å². The third kappa shape index (κ3) is 3.67. The van der Waals surface area contributed by atoms with Gasteiger partial charge in [0.05, 0.1) is 6.54 Å². The van der Waals surface area contributed by atoms with Crippen LogP contribution >= 0.6 is 0 Å². The Morgan fingerprint density at radius 3 is 2.30 bits per heavy atom. The fourth-order valence-corrected chi connectivity index (χ4v) is 4.40. The Hall–Kier alpha value is -0.730. The van der Waals surface area contributed by atoms with Crippen LogP contribution in [0.2, 0.25) is 0 Å². The number of hydrogen-bond donors (Lipinski definition) is 1. The van der Waals surface area contributed by atoms with Crippen molar-refractivity contribution in [1.82, 2.24) is 5.32 Å². The Bertz CT molecular complexity index is 321. The molecule has 2 fully saturated rings. The van der Waals surface area contributed by atoms with Gasteiger partial charge in [-0.05, 0) is 24.7 Å². The SMILES string of the molecule is C1CCCC(C2CCCCCC2NC2=NCCO2)CC1. The summed E-state index contributed by atoms with van der Waals surface area (Å²) in [6, 6.07) is 1.44. The first-order chi connectivity index (χ1) is 9.93. The highest BCUT2D eigenvalue weighted by atomic mass is 16.5. The number of ether oxygens (including phenoxy) is 1. The maximum Gasteiger partial charge on any atom is 0.285 e. The first kappa shape index (κ1) is 14.2. The van der Waals surface area contributed by atoms with Gasteiger partial charge in [-0.15, -0.1) is 0 Å². The van der Waals surface area contributed by atoms with E-state index in [1.54, 1.807) is 0 Å². The lowest BCUT2D eigenvalue weighted by Gasteiger charge is -2.33. The van der Waals surface area contributed by atoms with E-state index in [2.05, 4.69) is 10.3 Å². The Morgan fingerprint density at radius 2 is 1.55 bits per heavy atom. The van der Waals surface area contributed by atoms with Crippen LogP contribution in [0.4, 0.5) is 0 Å². The maximum atomic E-state index is 5.60. The van der Waals surface area contributed by atoms with E-state index in [0.29, 0.717) is 6.04 Å². The number of hydrogen-bond acceptors (Lipinski definition) is 3. The predicted molar refractivity (Wildman–Crippen MR) is 82.9 cm³/mol. The molecule has 3 aliphatic rings. The summed E-state index contributed by atoms with van der Waals surface area (Å²) in [5.41, 5.74) is 0. The van der Waals surface area contributed by atoms with E-state index >= 15 is 0 Å². The molecule has 20 heavy (non-hydrogen) atoms. The number of amidine groups is 1. The van der Waals surface area contributed by atoms with Gasteiger partial charge < -0.3 is 10.1 Å². The molecule has 2 atom stereocenters. The lowest BCUT2D eigenvalue weighted by atomic mass is 9.78. The molecule has 0 aromatic carbocycles. The monoisotopic (exact) mass is 278 g/mol. The second-order valence-electron chi connectivity index (χ2n) is 6.84. The normalized spacial score (nSPS) is 32.9. The van der Waals surface area contributed by atoms with E-state index in [9.17, 15) is 0 Å². The highest BCUT2D eigenvalue weighted by Gasteiger charge is 2.32. The van der Waals surface area contributed by atoms with Gasteiger partial charge in [-0.1, -0.05) is 57.8 Å². The quantitative estimate of drug-likeness (QED) is 0.778. The molecule has 3 nitrogen and oxygen atoms in total. The van der Waals surface area contributed by atoms with Crippen LogP contribution < -0.4 is 5.32 Å². The third-order valence-electron chi connectivity index (χ3n) is 5.47. The maximum absolute atomic E-state index is 5.60. The van der Waals surface area contributed by atoms with Crippen LogP contribution in [0.25, 0.3) is 0 Å². The predicted octanol–water partition coefficient (Wildman–Crippen LogP) is 3.88. The minimum absolute atomic E-state index is 0.609. The molecule has 2 aliphatic carbocycles. The Kier molecular flexibility index (Phi) is 5.21. The summed E-state index contributed by atoms with van der Waals surface area (Å²) in [5, 5.41) is 3.65. The highest BCUT2D eigenvalue weighted by molar-refractivity contribution is 5.75. The molecule has 0 saturated heterocycles. The summed E-state index contributed by atoms with van der Waals surface area (Å²) in [5.74, 6) is 1.79. The van der Waals surface area contributed by atoms with Gasteiger partial charge in [-0.2, -0.15) is 0 Å². The largest absolute Gasteiger partial charge is 0.463 e. The molecule has 114 valence electrons. The molecule has 2 saturated carbocycles. The molecule has 0 spiro atoms. The molecule has 3 heteroatoms. The first-order valence-electron chi connectivity index (χ1n) is 8.87. The Morgan fingerprint density at radius 1 is 0.850 bits per heavy atom. The first-order valence-corrected chi connectivity index (χ1v) is 8.87. The van der Waals surface area contributed by atoms with Gasteiger partial charge in [-0.25, -0.2) is 4.99 Å². The summed E-state index contributed by atoms with van der Waals surface area (Å²) in [7, 11) is 0. The summed E-state index contributed by atoms with van der Waals surface area (Å²) < 4.78 is 5.60. The van der Waals surface area contributed by atoms with E-state index in [1.807, 2.05) is 0 Å². The van der Waals surface area contributed by atoms with Gasteiger partial charge in [0.25, 0.3) is 6.02 Å². The van der Waals surface area contributed by atoms with Crippen molar-refractivity contribution < 1.29 is 4.74 Å². The van der Waals surface area contributed by atoms with Crippen LogP contribution in [0.15, 0.2) is 4.99 Å². The van der Waals surface area contributed by atoms with Gasteiger partial charge in [0.2, 0.25) is 0 Å². The average molecular weight is 278 g/mol. The Balaban J connectivity index is 1.65. The molecule has 0 amide bonds. The molecule has 0 bridgehead atoms. The smallest absolute Gasteiger partial charge is 0.285 e. The third-order valence-corrected chi connectivity index (χ3v) is 5.47. The minimum Gasteiger partial charge on any atom is -0.463 e. The fourth-order valence-electron chi connectivity index (χ4n) is 4.40. The molecular weight excluding hydrogens is 248 g/mol. The average Bonchev–Trinajstić information content (AvgIpc) is 2.71. The van der Waals surface area contributed by atoms with Gasteiger partial charge >= 0.3 is 0 Å². The Labute approximate surface area is 123 Å². The molecule has 3 rings (SSSR count). The molecule has 1 N–H and O–H groups in total. The van der Waals surface area contributed by atoms with Gasteiger partial charge in [0.1, 0.15) is 6.61 Å². The molecular formula is C17H30N2O. The van der Waals surface area contributed by atoms with Crippen molar-refractivity contribution in [2.75, 3.05) is 13.2 Å². The van der Waals surface area contributed by atoms with Crippen molar-refractivity contribution in [1.29, 1.82) is 0 Å².